The molecular formula is C10H20N4O2. The van der Waals surface area contributed by atoms with Gasteiger partial charge in [-0.1, -0.05) is 0 Å². The summed E-state index contributed by atoms with van der Waals surface area (Å²) in [4.78, 5) is 4.24. The molecule has 6 heteroatoms. The van der Waals surface area contributed by atoms with Gasteiger partial charge in [-0.2, -0.15) is 0 Å². The third-order valence-electron chi connectivity index (χ3n) is 2.35. The molecule has 0 aromatic carbocycles. The van der Waals surface area contributed by atoms with Gasteiger partial charge in [0.15, 0.2) is 0 Å². The number of imidazole rings is 1. The maximum Gasteiger partial charge on any atom is 0.127 e. The van der Waals surface area contributed by atoms with Crippen molar-refractivity contribution in [2.24, 2.45) is 12.9 Å². The summed E-state index contributed by atoms with van der Waals surface area (Å²) in [6.07, 6.45) is 4.43. The molecular weight excluding hydrogens is 208 g/mol. The number of nitrogens with one attached hydrogen (secondary N) is 1. The van der Waals surface area contributed by atoms with Gasteiger partial charge in [-0.05, 0) is 6.42 Å². The number of rotatable bonds is 8. The summed E-state index contributed by atoms with van der Waals surface area (Å²) in [5.41, 5.74) is 2.74. The Bertz CT molecular complexity index is 290. The second-order valence-electron chi connectivity index (χ2n) is 3.51. The molecule has 0 spiro atoms. The van der Waals surface area contributed by atoms with Crippen molar-refractivity contribution in [3.63, 3.8) is 0 Å². The molecule has 92 valence electrons. The summed E-state index contributed by atoms with van der Waals surface area (Å²) >= 11 is 0. The van der Waals surface area contributed by atoms with Crippen LogP contribution >= 0.6 is 0 Å². The van der Waals surface area contributed by atoms with E-state index in [4.69, 9.17) is 15.3 Å². The van der Waals surface area contributed by atoms with Crippen molar-refractivity contribution >= 4 is 0 Å². The molecule has 0 amide bonds. The smallest absolute Gasteiger partial charge is 0.127 e. The lowest BCUT2D eigenvalue weighted by Crippen LogP contribution is -2.31. The van der Waals surface area contributed by atoms with Gasteiger partial charge in [0.2, 0.25) is 0 Å². The van der Waals surface area contributed by atoms with E-state index in [1.807, 2.05) is 17.8 Å². The van der Waals surface area contributed by atoms with Crippen molar-refractivity contribution in [2.45, 2.75) is 12.5 Å². The normalized spacial score (nSPS) is 12.9. The van der Waals surface area contributed by atoms with Crippen molar-refractivity contribution in [3.8, 4) is 0 Å². The average molecular weight is 228 g/mol. The number of hydrazine groups is 1. The molecule has 0 aliphatic rings. The number of aromatic nitrogens is 2. The molecule has 0 aliphatic heterocycles. The fourth-order valence-electron chi connectivity index (χ4n) is 1.45. The molecule has 0 saturated carbocycles. The topological polar surface area (TPSA) is 74.3 Å². The number of aryl methyl sites for hydroxylation is 1. The maximum absolute atomic E-state index is 5.49. The van der Waals surface area contributed by atoms with Gasteiger partial charge in [0.05, 0.1) is 19.3 Å². The number of hydrogen-bond acceptors (Lipinski definition) is 5. The van der Waals surface area contributed by atoms with Crippen LogP contribution in [0.2, 0.25) is 0 Å². The van der Waals surface area contributed by atoms with E-state index in [-0.39, 0.29) is 6.04 Å². The van der Waals surface area contributed by atoms with Crippen LogP contribution in [-0.4, -0.2) is 36.5 Å². The molecule has 1 atom stereocenters. The molecule has 1 aromatic heterocycles. The lowest BCUT2D eigenvalue weighted by Gasteiger charge is -2.15. The highest BCUT2D eigenvalue weighted by atomic mass is 16.5. The predicted octanol–water partition coefficient (Wildman–Crippen LogP) is -0.0224. The van der Waals surface area contributed by atoms with E-state index in [9.17, 15) is 0 Å². The standard InChI is InChI=1S/C10H20N4O2/c1-14-5-4-12-10(14)9(13-11)3-6-16-8-7-15-2/h4-5,9,13H,3,6-8,11H2,1-2H3. The summed E-state index contributed by atoms with van der Waals surface area (Å²) in [5, 5.41) is 0. The first-order valence-corrected chi connectivity index (χ1v) is 5.29. The second kappa shape index (κ2) is 7.34. The van der Waals surface area contributed by atoms with E-state index < -0.39 is 0 Å². The fraction of sp³-hybridized carbons (Fsp3) is 0.700. The summed E-state index contributed by atoms with van der Waals surface area (Å²) in [6.45, 7) is 1.85. The summed E-state index contributed by atoms with van der Waals surface area (Å²) in [6, 6.07) is 0.0162. The van der Waals surface area contributed by atoms with Crippen molar-refractivity contribution in [2.75, 3.05) is 26.9 Å². The van der Waals surface area contributed by atoms with Crippen LogP contribution in [0.4, 0.5) is 0 Å². The summed E-state index contributed by atoms with van der Waals surface area (Å²) < 4.78 is 12.2. The summed E-state index contributed by atoms with van der Waals surface area (Å²) in [5.74, 6) is 6.40. The van der Waals surface area contributed by atoms with Gasteiger partial charge in [0, 0.05) is 33.2 Å². The van der Waals surface area contributed by atoms with Crippen LogP contribution in [0.1, 0.15) is 18.3 Å². The van der Waals surface area contributed by atoms with E-state index in [0.717, 1.165) is 12.2 Å². The van der Waals surface area contributed by atoms with Crippen LogP contribution in [-0.2, 0) is 16.5 Å². The van der Waals surface area contributed by atoms with Crippen molar-refractivity contribution < 1.29 is 9.47 Å². The molecule has 1 unspecified atom stereocenters. The first-order valence-electron chi connectivity index (χ1n) is 5.29. The largest absolute Gasteiger partial charge is 0.382 e. The average Bonchev–Trinajstić information content (AvgIpc) is 2.70. The first kappa shape index (κ1) is 13.1. The number of ether oxygens (including phenoxy) is 2. The molecule has 0 saturated heterocycles. The number of methoxy groups -OCH3 is 1. The Morgan fingerprint density at radius 1 is 1.50 bits per heavy atom. The number of nitrogens with two attached hydrogens (primary N) is 1. The lowest BCUT2D eigenvalue weighted by molar-refractivity contribution is 0.0653. The van der Waals surface area contributed by atoms with Crippen LogP contribution in [0.25, 0.3) is 0 Å². The highest BCUT2D eigenvalue weighted by Crippen LogP contribution is 2.12. The highest BCUT2D eigenvalue weighted by molar-refractivity contribution is 4.97. The van der Waals surface area contributed by atoms with Crippen LogP contribution in [0.15, 0.2) is 12.4 Å². The molecule has 6 nitrogen and oxygen atoms in total. The third kappa shape index (κ3) is 3.90. The Hall–Kier alpha value is -0.950. The van der Waals surface area contributed by atoms with E-state index in [2.05, 4.69) is 10.4 Å². The van der Waals surface area contributed by atoms with Crippen LogP contribution in [0.3, 0.4) is 0 Å². The van der Waals surface area contributed by atoms with E-state index >= 15 is 0 Å². The zero-order valence-electron chi connectivity index (χ0n) is 9.85. The Labute approximate surface area is 95.7 Å². The van der Waals surface area contributed by atoms with Gasteiger partial charge in [-0.25, -0.2) is 10.4 Å². The minimum atomic E-state index is 0.0162. The first-order chi connectivity index (χ1) is 7.79. The van der Waals surface area contributed by atoms with Crippen LogP contribution < -0.4 is 11.3 Å². The Balaban J connectivity index is 2.30. The van der Waals surface area contributed by atoms with Gasteiger partial charge >= 0.3 is 0 Å². The zero-order valence-corrected chi connectivity index (χ0v) is 9.85. The molecule has 0 radical (unpaired) electrons. The van der Waals surface area contributed by atoms with Crippen LogP contribution in [0.5, 0.6) is 0 Å². The van der Waals surface area contributed by atoms with Crippen molar-refractivity contribution in [3.05, 3.63) is 18.2 Å². The van der Waals surface area contributed by atoms with Gasteiger partial charge in [-0.15, -0.1) is 0 Å². The minimum Gasteiger partial charge on any atom is -0.382 e. The summed E-state index contributed by atoms with van der Waals surface area (Å²) in [7, 11) is 3.60. The molecule has 16 heavy (non-hydrogen) atoms. The molecule has 0 bridgehead atoms. The fourth-order valence-corrected chi connectivity index (χ4v) is 1.45. The quantitative estimate of drug-likeness (QED) is 0.371. The monoisotopic (exact) mass is 228 g/mol. The molecule has 0 aliphatic carbocycles. The Morgan fingerprint density at radius 3 is 2.88 bits per heavy atom. The number of hydrogen-bond donors (Lipinski definition) is 2. The van der Waals surface area contributed by atoms with Gasteiger partial charge in [-0.3, -0.25) is 5.84 Å². The molecule has 3 N–H and O–H groups in total. The van der Waals surface area contributed by atoms with Gasteiger partial charge < -0.3 is 14.0 Å². The molecule has 1 rings (SSSR count). The van der Waals surface area contributed by atoms with Gasteiger partial charge in [0.25, 0.3) is 0 Å². The van der Waals surface area contributed by atoms with Crippen molar-refractivity contribution in [1.82, 2.24) is 15.0 Å². The van der Waals surface area contributed by atoms with E-state index in [1.165, 1.54) is 0 Å². The minimum absolute atomic E-state index is 0.0162. The molecule has 1 aromatic rings. The SMILES string of the molecule is COCCOCCC(NN)c1nccn1C. The Kier molecular flexibility index (Phi) is 6.02. The highest BCUT2D eigenvalue weighted by Gasteiger charge is 2.13. The third-order valence-corrected chi connectivity index (χ3v) is 2.35. The van der Waals surface area contributed by atoms with Gasteiger partial charge in [0.1, 0.15) is 5.82 Å². The van der Waals surface area contributed by atoms with E-state index in [1.54, 1.807) is 13.3 Å². The lowest BCUT2D eigenvalue weighted by atomic mass is 10.2. The maximum atomic E-state index is 5.49. The Morgan fingerprint density at radius 2 is 2.31 bits per heavy atom. The number of nitrogens with zero attached hydrogens (tertiary/aromatic N) is 2. The predicted molar refractivity (Wildman–Crippen MR) is 60.6 cm³/mol. The zero-order chi connectivity index (χ0) is 11.8. The molecule has 0 fully saturated rings. The van der Waals surface area contributed by atoms with E-state index in [0.29, 0.717) is 19.8 Å². The van der Waals surface area contributed by atoms with Crippen LogP contribution in [0, 0.1) is 0 Å². The second-order valence-corrected chi connectivity index (χ2v) is 3.51. The molecule has 1 heterocycles. The van der Waals surface area contributed by atoms with Crippen molar-refractivity contribution in [1.29, 1.82) is 0 Å².